The molecule has 0 aliphatic carbocycles. The summed E-state index contributed by atoms with van der Waals surface area (Å²) in [6.07, 6.45) is 7.03. The summed E-state index contributed by atoms with van der Waals surface area (Å²) in [5.74, 6) is 2.21. The van der Waals surface area contributed by atoms with E-state index in [0.717, 1.165) is 25.4 Å². The van der Waals surface area contributed by atoms with Crippen LogP contribution in [0.3, 0.4) is 0 Å². The van der Waals surface area contributed by atoms with Crippen molar-refractivity contribution in [2.75, 3.05) is 43.9 Å². The van der Waals surface area contributed by atoms with Gasteiger partial charge in [0.2, 0.25) is 0 Å². The molecule has 0 aromatic heterocycles. The molecule has 0 aliphatic rings. The van der Waals surface area contributed by atoms with Gasteiger partial charge in [0, 0.05) is 18.8 Å². The minimum Gasteiger partial charge on any atom is -0.317 e. The Morgan fingerprint density at radius 2 is 1.82 bits per heavy atom. The van der Waals surface area contributed by atoms with Crippen molar-refractivity contribution >= 4 is 34.2 Å². The first-order chi connectivity index (χ1) is 8.35. The van der Waals surface area contributed by atoms with Gasteiger partial charge in [-0.3, -0.25) is 0 Å². The molecule has 17 heavy (non-hydrogen) atoms. The van der Waals surface area contributed by atoms with Crippen LogP contribution in [0.2, 0.25) is 0 Å². The Labute approximate surface area is 119 Å². The standard InChI is InChI=1S/C11H26N2OS3/c1-16-17-11-5-3-8-13(9-6-12-14)7-2-4-10-15/h12,14-15H,2-11H2,1H3. The van der Waals surface area contributed by atoms with Crippen molar-refractivity contribution < 1.29 is 5.21 Å². The fourth-order valence-electron chi connectivity index (χ4n) is 1.57. The molecule has 0 amide bonds. The maximum Gasteiger partial charge on any atom is 0.0335 e. The van der Waals surface area contributed by atoms with Gasteiger partial charge in [0.25, 0.3) is 0 Å². The van der Waals surface area contributed by atoms with Gasteiger partial charge in [-0.05, 0) is 50.8 Å². The molecule has 0 spiro atoms. The van der Waals surface area contributed by atoms with Crippen molar-refractivity contribution in [3.05, 3.63) is 0 Å². The molecule has 0 aromatic carbocycles. The number of hydroxylamine groups is 1. The number of nitrogens with zero attached hydrogens (tertiary/aromatic N) is 1. The van der Waals surface area contributed by atoms with Crippen molar-refractivity contribution in [3.63, 3.8) is 0 Å². The van der Waals surface area contributed by atoms with E-state index in [2.05, 4.69) is 29.3 Å². The molecule has 0 unspecified atom stereocenters. The van der Waals surface area contributed by atoms with Gasteiger partial charge in [-0.15, -0.1) is 0 Å². The summed E-state index contributed by atoms with van der Waals surface area (Å²) < 4.78 is 0. The molecule has 0 aromatic rings. The zero-order chi connectivity index (χ0) is 12.8. The average Bonchev–Trinajstić information content (AvgIpc) is 2.35. The summed E-state index contributed by atoms with van der Waals surface area (Å²) >= 11 is 4.23. The first kappa shape index (κ1) is 17.9. The summed E-state index contributed by atoms with van der Waals surface area (Å²) in [4.78, 5) is 2.43. The molecule has 0 radical (unpaired) electrons. The maximum atomic E-state index is 8.63. The quantitative estimate of drug-likeness (QED) is 0.211. The third-order valence-corrected chi connectivity index (χ3v) is 4.71. The number of thiol groups is 1. The second-order valence-corrected chi connectivity index (χ2v) is 7.01. The molecule has 0 rings (SSSR count). The number of hydrogen-bond acceptors (Lipinski definition) is 6. The van der Waals surface area contributed by atoms with E-state index in [-0.39, 0.29) is 0 Å². The van der Waals surface area contributed by atoms with Gasteiger partial charge in [-0.2, -0.15) is 12.6 Å². The van der Waals surface area contributed by atoms with Gasteiger partial charge < -0.3 is 10.1 Å². The van der Waals surface area contributed by atoms with Crippen LogP contribution >= 0.6 is 34.2 Å². The van der Waals surface area contributed by atoms with E-state index in [0.29, 0.717) is 6.54 Å². The van der Waals surface area contributed by atoms with Gasteiger partial charge in [-0.1, -0.05) is 21.6 Å². The molecule has 2 N–H and O–H groups in total. The predicted octanol–water partition coefficient (Wildman–Crippen LogP) is 2.77. The number of hydrogen-bond donors (Lipinski definition) is 3. The van der Waals surface area contributed by atoms with Gasteiger partial charge in [0.15, 0.2) is 0 Å². The zero-order valence-corrected chi connectivity index (χ0v) is 13.3. The molecule has 6 heteroatoms. The minimum atomic E-state index is 0.653. The molecule has 0 atom stereocenters. The van der Waals surface area contributed by atoms with E-state index in [4.69, 9.17) is 5.21 Å². The number of unbranched alkanes of at least 4 members (excludes halogenated alkanes) is 2. The number of nitrogens with one attached hydrogen (secondary N) is 1. The van der Waals surface area contributed by atoms with Crippen LogP contribution < -0.4 is 5.48 Å². The predicted molar refractivity (Wildman–Crippen MR) is 84.5 cm³/mol. The van der Waals surface area contributed by atoms with Crippen LogP contribution in [0.1, 0.15) is 25.7 Å². The van der Waals surface area contributed by atoms with Crippen LogP contribution in [0.15, 0.2) is 0 Å². The van der Waals surface area contributed by atoms with Gasteiger partial charge >= 0.3 is 0 Å². The van der Waals surface area contributed by atoms with Crippen molar-refractivity contribution in [1.82, 2.24) is 10.4 Å². The van der Waals surface area contributed by atoms with Crippen LogP contribution in [0.5, 0.6) is 0 Å². The lowest BCUT2D eigenvalue weighted by Gasteiger charge is -2.21. The third-order valence-electron chi connectivity index (χ3n) is 2.49. The Bertz CT molecular complexity index is 153. The molecular formula is C11H26N2OS3. The highest BCUT2D eigenvalue weighted by Crippen LogP contribution is 2.18. The monoisotopic (exact) mass is 298 g/mol. The van der Waals surface area contributed by atoms with Crippen LogP contribution in [0, 0.1) is 0 Å². The van der Waals surface area contributed by atoms with Gasteiger partial charge in [0.1, 0.15) is 0 Å². The van der Waals surface area contributed by atoms with Crippen LogP contribution in [0.25, 0.3) is 0 Å². The maximum absolute atomic E-state index is 8.63. The van der Waals surface area contributed by atoms with Crippen molar-refractivity contribution in [1.29, 1.82) is 0 Å². The highest BCUT2D eigenvalue weighted by Gasteiger charge is 2.03. The molecular weight excluding hydrogens is 272 g/mol. The Hall–Kier alpha value is 0.930. The topological polar surface area (TPSA) is 35.5 Å². The molecule has 0 heterocycles. The highest BCUT2D eigenvalue weighted by atomic mass is 33.1. The zero-order valence-electron chi connectivity index (χ0n) is 10.7. The Morgan fingerprint density at radius 3 is 2.41 bits per heavy atom. The number of rotatable bonds is 13. The first-order valence-electron chi connectivity index (χ1n) is 6.21. The summed E-state index contributed by atoms with van der Waals surface area (Å²) in [5.41, 5.74) is 2.24. The van der Waals surface area contributed by atoms with Crippen molar-refractivity contribution in [2.45, 2.75) is 25.7 Å². The third kappa shape index (κ3) is 13.2. The minimum absolute atomic E-state index is 0.653. The SMILES string of the molecule is CSSCCCCN(CCCCS)CCNO. The summed E-state index contributed by atoms with van der Waals surface area (Å²) in [6.45, 7) is 3.85. The molecule has 0 fully saturated rings. The summed E-state index contributed by atoms with van der Waals surface area (Å²) in [7, 11) is 3.78. The van der Waals surface area contributed by atoms with E-state index < -0.39 is 0 Å². The first-order valence-corrected chi connectivity index (χ1v) is 9.57. The van der Waals surface area contributed by atoms with E-state index in [1.807, 2.05) is 21.6 Å². The molecule has 3 nitrogen and oxygen atoms in total. The van der Waals surface area contributed by atoms with Gasteiger partial charge in [0.05, 0.1) is 0 Å². The normalized spacial score (nSPS) is 11.3. The van der Waals surface area contributed by atoms with Crippen molar-refractivity contribution in [3.8, 4) is 0 Å². The fourth-order valence-corrected chi connectivity index (χ4v) is 3.14. The lowest BCUT2D eigenvalue weighted by atomic mass is 10.2. The Balaban J connectivity index is 3.53. The lowest BCUT2D eigenvalue weighted by Crippen LogP contribution is -2.32. The molecule has 0 aliphatic heterocycles. The molecule has 0 bridgehead atoms. The molecule has 0 saturated carbocycles. The van der Waals surface area contributed by atoms with E-state index in [1.54, 1.807) is 0 Å². The van der Waals surface area contributed by atoms with E-state index in [9.17, 15) is 0 Å². The smallest absolute Gasteiger partial charge is 0.0335 e. The highest BCUT2D eigenvalue weighted by molar-refractivity contribution is 8.76. The fraction of sp³-hybridized carbons (Fsp3) is 1.00. The van der Waals surface area contributed by atoms with Crippen LogP contribution in [-0.4, -0.2) is 54.0 Å². The molecule has 0 saturated heterocycles. The Kier molecular flexibility index (Phi) is 15.8. The van der Waals surface area contributed by atoms with Crippen molar-refractivity contribution in [2.24, 2.45) is 0 Å². The second kappa shape index (κ2) is 15.0. The lowest BCUT2D eigenvalue weighted by molar-refractivity contribution is 0.145. The van der Waals surface area contributed by atoms with Crippen LogP contribution in [-0.2, 0) is 0 Å². The molecule has 104 valence electrons. The Morgan fingerprint density at radius 1 is 1.12 bits per heavy atom. The van der Waals surface area contributed by atoms with Gasteiger partial charge in [-0.25, -0.2) is 5.48 Å². The van der Waals surface area contributed by atoms with E-state index in [1.165, 1.54) is 31.4 Å². The van der Waals surface area contributed by atoms with Crippen LogP contribution in [0.4, 0.5) is 0 Å². The van der Waals surface area contributed by atoms with E-state index >= 15 is 0 Å². The average molecular weight is 299 g/mol. The second-order valence-electron chi connectivity index (χ2n) is 3.88. The summed E-state index contributed by atoms with van der Waals surface area (Å²) in [5, 5.41) is 8.63. The summed E-state index contributed by atoms with van der Waals surface area (Å²) in [6, 6.07) is 0. The largest absolute Gasteiger partial charge is 0.317 e.